The van der Waals surface area contributed by atoms with Crippen LogP contribution in [0.5, 0.6) is 34.5 Å². The van der Waals surface area contributed by atoms with Gasteiger partial charge in [-0.15, -0.1) is 13.8 Å². The minimum atomic E-state index is -4.00. The Kier molecular flexibility index (Phi) is 51.7. The Labute approximate surface area is 694 Å². The van der Waals surface area contributed by atoms with Crippen molar-refractivity contribution in [1.29, 1.82) is 0 Å². The fraction of sp³-hybridized carbons (Fsp3) is 0.429. The molecule has 0 N–H and O–H groups in total. The van der Waals surface area contributed by atoms with E-state index in [2.05, 4.69) is 199 Å². The van der Waals surface area contributed by atoms with Crippen molar-refractivity contribution in [3.05, 3.63) is 228 Å². The molecule has 0 bridgehead atoms. The summed E-state index contributed by atoms with van der Waals surface area (Å²) in [5, 5.41) is 3.11. The number of benzene rings is 8. The molecule has 2 atom stereocenters. The summed E-state index contributed by atoms with van der Waals surface area (Å²) in [6, 6.07) is 47.7. The molecule has 2 aliphatic carbocycles. The van der Waals surface area contributed by atoms with Gasteiger partial charge in [-0.2, -0.15) is 39.5 Å². The van der Waals surface area contributed by atoms with Gasteiger partial charge >= 0.3 is 35.6 Å². The van der Waals surface area contributed by atoms with E-state index in [4.69, 9.17) is 28.4 Å². The molecule has 5 aliphatic rings. The number of alkyl halides is 9. The second-order valence-corrected chi connectivity index (χ2v) is 28.4. The van der Waals surface area contributed by atoms with Gasteiger partial charge in [0, 0.05) is 94.6 Å². The summed E-state index contributed by atoms with van der Waals surface area (Å²) < 4.78 is 128. The summed E-state index contributed by atoms with van der Waals surface area (Å²) in [5.74, 6) is 5.76. The predicted octanol–water partition coefficient (Wildman–Crippen LogP) is 29.4. The van der Waals surface area contributed by atoms with Crippen LogP contribution in [-0.2, 0) is 56.0 Å². The van der Waals surface area contributed by atoms with Crippen molar-refractivity contribution in [3.63, 3.8) is 0 Å². The van der Waals surface area contributed by atoms with E-state index in [1.165, 1.54) is 125 Å². The minimum absolute atomic E-state index is 0. The van der Waals surface area contributed by atoms with E-state index in [1.807, 2.05) is 65.8 Å². The van der Waals surface area contributed by atoms with Crippen LogP contribution in [0.1, 0.15) is 208 Å². The van der Waals surface area contributed by atoms with Gasteiger partial charge in [0.2, 0.25) is 6.79 Å². The van der Waals surface area contributed by atoms with Crippen LogP contribution in [-0.4, -0.2) is 31.0 Å². The molecular formula is C91H122F9FeO6PRh2-2. The van der Waals surface area contributed by atoms with E-state index >= 15 is 0 Å². The van der Waals surface area contributed by atoms with Gasteiger partial charge in [-0.3, -0.25) is 0 Å². The van der Waals surface area contributed by atoms with Crippen LogP contribution in [0.3, 0.4) is 0 Å². The van der Waals surface area contributed by atoms with Crippen molar-refractivity contribution in [2.75, 3.05) is 6.79 Å². The first-order chi connectivity index (χ1) is 49.5. The molecule has 0 spiro atoms. The summed E-state index contributed by atoms with van der Waals surface area (Å²) in [6.07, 6.45) is 2.16. The predicted molar refractivity (Wildman–Crippen MR) is 435 cm³/mol. The normalized spacial score (nSPS) is 14.2. The fourth-order valence-electron chi connectivity index (χ4n) is 12.8. The Morgan fingerprint density at radius 3 is 0.900 bits per heavy atom. The third-order valence-electron chi connectivity index (χ3n) is 17.6. The zero-order chi connectivity index (χ0) is 79.3. The van der Waals surface area contributed by atoms with Gasteiger partial charge in [-0.05, 0) is 216 Å². The first kappa shape index (κ1) is 108. The van der Waals surface area contributed by atoms with E-state index in [0.29, 0.717) is 12.6 Å². The van der Waals surface area contributed by atoms with Gasteiger partial charge in [0.1, 0.15) is 34.5 Å². The Bertz CT molecular complexity index is 3670. The maximum absolute atomic E-state index is 10.4. The average Bonchev–Trinajstić information content (AvgIpc) is 1.51. The van der Waals surface area contributed by atoms with E-state index in [9.17, 15) is 39.5 Å². The van der Waals surface area contributed by atoms with Gasteiger partial charge in [-0.1, -0.05) is 215 Å². The third-order valence-corrected chi connectivity index (χ3v) is 20.7. The second kappa shape index (κ2) is 52.5. The molecule has 2 unspecified atom stereocenters. The van der Waals surface area contributed by atoms with Gasteiger partial charge in [-0.25, -0.2) is 0 Å². The second-order valence-electron chi connectivity index (χ2n) is 26.0. The molecule has 0 aromatic heterocycles. The molecular weight excluding hydrogens is 1650 g/mol. The van der Waals surface area contributed by atoms with Crippen LogP contribution in [0.25, 0.3) is 33.4 Å². The molecule has 8 aromatic carbocycles. The Hall–Kier alpha value is -5.87. The molecule has 2 saturated carbocycles. The number of hydrogen-bond acceptors (Lipinski definition) is 6. The van der Waals surface area contributed by atoms with E-state index in [0.717, 1.165) is 79.5 Å². The van der Waals surface area contributed by atoms with Crippen LogP contribution in [0, 0.1) is 116 Å². The van der Waals surface area contributed by atoms with Crippen LogP contribution < -0.4 is 39.0 Å². The van der Waals surface area contributed by atoms with Crippen molar-refractivity contribution in [2.45, 2.75) is 248 Å². The van der Waals surface area contributed by atoms with Crippen molar-refractivity contribution < 1.29 is 124 Å². The number of ether oxygens (including phenoxy) is 6. The van der Waals surface area contributed by atoms with Crippen LogP contribution in [0.2, 0.25) is 0 Å². The van der Waals surface area contributed by atoms with Crippen LogP contribution in [0.15, 0.2) is 133 Å². The molecule has 2 radical (unpaired) electrons. The monoisotopic (exact) mass is 1770 g/mol. The maximum atomic E-state index is 10.4. The average molecular weight is 1780 g/mol. The van der Waals surface area contributed by atoms with Crippen molar-refractivity contribution in [1.82, 2.24) is 0 Å². The summed E-state index contributed by atoms with van der Waals surface area (Å²) in [5.41, 5.74) is 23.3. The molecule has 618 valence electrons. The standard InChI is InChI=1S/C19H23P.C18H16O4.C18H22.C17H18O2.C5H10.3C2H3F3.3C2H6.2CH3.Fe.2Rh/c1-2-16-10-9-15-19(16)20(17-11-5-3-6-12-17)18-13-7-4-8-14-18;1-9-5-7-13-17(21-11(3)19-13)15(9)16-10(2)6-8-14-18(16)22-12(4)20-14;1-11-7-9-13(3)17(15(11)5)18-14(4)10-8-12(2)16(18)6;1-10-5-7-12(3)16-14(10)15-11(2)6-8-13(4)17(15)19-9-18-16;1-2-4-5-3-1;3*1-2(3,4)5;3*1-2;;;;;/h3-8,11-14,16,19H,2,9-10,15H2,1H3;5-8H,1-4H3;7-10H,1-6H3;5-8H,9H2,1-4H3;1-5H2;3*1H3;3*1-2H3;2*1H3;;;/q;-2;;;;;;;;;;2*-1;+2;;. The molecule has 0 amide bonds. The first-order valence-corrected chi connectivity index (χ1v) is 38.2. The maximum Gasteiger partial charge on any atom is 2.00 e. The molecule has 3 aliphatic heterocycles. The van der Waals surface area contributed by atoms with Gasteiger partial charge < -0.3 is 43.3 Å². The molecule has 13 rings (SSSR count). The zero-order valence-corrected chi connectivity index (χ0v) is 75.0. The Balaban J connectivity index is -0.00000124. The first-order valence-electron chi connectivity index (χ1n) is 36.8. The molecule has 3 heterocycles. The SMILES string of the molecule is C1CCCC1.CC.CC.CC.CC(F)(F)F.CC(F)(F)F.CC(F)(F)F.CCC1CCCC1P(c1ccccc1)c1ccccc1.Cc1ccc(C)c(-c2c(C)ccc(C)c2C)c1C.Cc1ccc(C)c2c1OCOc1c(C)ccc(C)c1-2.Cc1ccc2c(c1-c1c(C)ccc3c1O[C-](C)O3)O[C-](C)O2.[CH3-].[CH3-].[Fe+2].[Rh].[Rh]. The minimum Gasteiger partial charge on any atom is -0.617 e. The van der Waals surface area contributed by atoms with E-state index in [-0.39, 0.29) is 106 Å². The fourth-order valence-corrected chi connectivity index (χ4v) is 16.0. The number of aryl methyl sites for hydroxylation is 10. The number of rotatable bonds is 6. The molecule has 8 aromatic rings. The van der Waals surface area contributed by atoms with Crippen molar-refractivity contribution in [3.8, 4) is 67.9 Å². The summed E-state index contributed by atoms with van der Waals surface area (Å²) >= 11 is 0. The van der Waals surface area contributed by atoms with Gasteiger partial charge in [0.05, 0.1) is 0 Å². The quantitative estimate of drug-likeness (QED) is 0.0716. The molecule has 2 fully saturated rings. The topological polar surface area (TPSA) is 55.4 Å². The van der Waals surface area contributed by atoms with Gasteiger partial charge in [0.15, 0.2) is 0 Å². The Morgan fingerprint density at radius 2 is 0.609 bits per heavy atom. The van der Waals surface area contributed by atoms with E-state index in [1.54, 1.807) is 24.5 Å². The molecule has 19 heteroatoms. The number of hydrogen-bond donors (Lipinski definition) is 0. The summed E-state index contributed by atoms with van der Waals surface area (Å²) in [7, 11) is -0.197. The number of fused-ring (bicyclic) bond motifs is 5. The smallest absolute Gasteiger partial charge is 0.617 e. The zero-order valence-electron chi connectivity index (χ0n) is 69.7. The third kappa shape index (κ3) is 34.1. The molecule has 6 nitrogen and oxygen atoms in total. The summed E-state index contributed by atoms with van der Waals surface area (Å²) in [6.45, 7) is 44.6. The molecule has 0 saturated heterocycles. The van der Waals surface area contributed by atoms with Crippen LogP contribution >= 0.6 is 7.92 Å². The largest absolute Gasteiger partial charge is 2.00 e. The summed E-state index contributed by atoms with van der Waals surface area (Å²) in [4.78, 5) is 0. The molecule has 110 heavy (non-hydrogen) atoms. The van der Waals surface area contributed by atoms with Crippen molar-refractivity contribution >= 4 is 18.5 Å². The Morgan fingerprint density at radius 1 is 0.355 bits per heavy atom. The van der Waals surface area contributed by atoms with Crippen molar-refractivity contribution in [2.24, 2.45) is 5.92 Å². The number of halogens is 9. The van der Waals surface area contributed by atoms with Crippen LogP contribution in [0.4, 0.5) is 39.5 Å². The van der Waals surface area contributed by atoms with E-state index < -0.39 is 18.5 Å². The van der Waals surface area contributed by atoms with Gasteiger partial charge in [0.25, 0.3) is 0 Å².